The normalized spacial score (nSPS) is 12.4. The molecule has 1 atom stereocenters. The van der Waals surface area contributed by atoms with Gasteiger partial charge in [0.15, 0.2) is 0 Å². The number of aliphatic hydroxyl groups is 1. The number of aliphatic hydroxyl groups excluding tert-OH is 1. The van der Waals surface area contributed by atoms with Crippen LogP contribution in [-0.4, -0.2) is 23.8 Å². The molecule has 2 amide bonds. The first-order valence-corrected chi connectivity index (χ1v) is 6.16. The molecule has 0 radical (unpaired) electrons. The van der Waals surface area contributed by atoms with Crippen LogP contribution in [0.15, 0.2) is 18.2 Å². The number of benzene rings is 1. The van der Waals surface area contributed by atoms with Crippen LogP contribution >= 0.6 is 0 Å². The predicted molar refractivity (Wildman–Crippen MR) is 73.6 cm³/mol. The van der Waals surface area contributed by atoms with E-state index in [1.807, 2.05) is 20.8 Å². The zero-order valence-corrected chi connectivity index (χ0v) is 11.7. The Labute approximate surface area is 117 Å². The number of anilines is 1. The third-order valence-electron chi connectivity index (χ3n) is 2.80. The quantitative estimate of drug-likeness (QED) is 0.793. The maximum absolute atomic E-state index is 13.1. The van der Waals surface area contributed by atoms with Gasteiger partial charge in [-0.1, -0.05) is 20.8 Å². The molecule has 5 nitrogen and oxygen atoms in total. The lowest BCUT2D eigenvalue weighted by atomic mass is 9.89. The van der Waals surface area contributed by atoms with Gasteiger partial charge in [0, 0.05) is 12.2 Å². The molecule has 0 aromatic heterocycles. The van der Waals surface area contributed by atoms with Crippen LogP contribution in [0.1, 0.15) is 26.3 Å². The number of hydrogen-bond donors (Lipinski definition) is 3. The Balaban J connectivity index is 2.58. The van der Waals surface area contributed by atoms with Crippen LogP contribution in [0.25, 0.3) is 0 Å². The van der Waals surface area contributed by atoms with Crippen molar-refractivity contribution in [3.05, 3.63) is 29.6 Å². The van der Waals surface area contributed by atoms with Crippen molar-refractivity contribution in [2.75, 3.05) is 11.9 Å². The minimum Gasteiger partial charge on any atom is -0.391 e. The van der Waals surface area contributed by atoms with Gasteiger partial charge in [-0.2, -0.15) is 5.26 Å². The molecule has 0 aliphatic heterocycles. The van der Waals surface area contributed by atoms with Crippen molar-refractivity contribution in [2.45, 2.75) is 26.9 Å². The van der Waals surface area contributed by atoms with Crippen molar-refractivity contribution in [3.63, 3.8) is 0 Å². The summed E-state index contributed by atoms with van der Waals surface area (Å²) in [4.78, 5) is 11.6. The van der Waals surface area contributed by atoms with Gasteiger partial charge in [0.1, 0.15) is 11.9 Å². The largest absolute Gasteiger partial charge is 0.391 e. The molecule has 1 aromatic rings. The summed E-state index contributed by atoms with van der Waals surface area (Å²) in [5.74, 6) is -0.637. The molecule has 0 aliphatic rings. The number of urea groups is 1. The second kappa shape index (κ2) is 6.35. The average molecular weight is 279 g/mol. The molecule has 1 aromatic carbocycles. The first kappa shape index (κ1) is 15.9. The highest BCUT2D eigenvalue weighted by atomic mass is 19.1. The summed E-state index contributed by atoms with van der Waals surface area (Å²) < 4.78 is 13.1. The molecule has 108 valence electrons. The second-order valence-electron chi connectivity index (χ2n) is 5.52. The highest BCUT2D eigenvalue weighted by Gasteiger charge is 2.22. The van der Waals surface area contributed by atoms with Gasteiger partial charge in [-0.3, -0.25) is 0 Å². The maximum atomic E-state index is 13.1. The molecule has 0 spiro atoms. The van der Waals surface area contributed by atoms with Crippen LogP contribution < -0.4 is 10.6 Å². The monoisotopic (exact) mass is 279 g/mol. The third-order valence-corrected chi connectivity index (χ3v) is 2.80. The van der Waals surface area contributed by atoms with Gasteiger partial charge >= 0.3 is 6.03 Å². The second-order valence-corrected chi connectivity index (χ2v) is 5.52. The zero-order valence-electron chi connectivity index (χ0n) is 11.7. The lowest BCUT2D eigenvalue weighted by Gasteiger charge is -2.25. The zero-order chi connectivity index (χ0) is 15.3. The lowest BCUT2D eigenvalue weighted by molar-refractivity contribution is 0.0654. The Morgan fingerprint density at radius 2 is 2.15 bits per heavy atom. The van der Waals surface area contributed by atoms with Crippen LogP contribution in [0.4, 0.5) is 14.9 Å². The third kappa shape index (κ3) is 4.52. The number of carbonyl (C=O) groups excluding carboxylic acids is 1. The highest BCUT2D eigenvalue weighted by Crippen LogP contribution is 2.18. The van der Waals surface area contributed by atoms with Crippen molar-refractivity contribution >= 4 is 11.7 Å². The molecule has 20 heavy (non-hydrogen) atoms. The van der Waals surface area contributed by atoms with Crippen LogP contribution in [0.2, 0.25) is 0 Å². The first-order chi connectivity index (χ1) is 9.24. The van der Waals surface area contributed by atoms with E-state index in [-0.39, 0.29) is 17.5 Å². The molecule has 0 fully saturated rings. The summed E-state index contributed by atoms with van der Waals surface area (Å²) in [5, 5.41) is 23.5. The van der Waals surface area contributed by atoms with Crippen LogP contribution in [0, 0.1) is 22.6 Å². The lowest BCUT2D eigenvalue weighted by Crippen LogP contribution is -2.40. The molecule has 3 N–H and O–H groups in total. The number of rotatable bonds is 3. The van der Waals surface area contributed by atoms with Crippen molar-refractivity contribution < 1.29 is 14.3 Å². The topological polar surface area (TPSA) is 85.2 Å². The molecule has 0 aliphatic carbocycles. The van der Waals surface area contributed by atoms with Crippen molar-refractivity contribution in [1.82, 2.24) is 5.32 Å². The van der Waals surface area contributed by atoms with Gasteiger partial charge in [-0.25, -0.2) is 9.18 Å². The van der Waals surface area contributed by atoms with Crippen LogP contribution in [-0.2, 0) is 0 Å². The molecular weight excluding hydrogens is 261 g/mol. The minimum absolute atomic E-state index is 0.0988. The molecule has 6 heteroatoms. The number of nitrogens with zero attached hydrogens (tertiary/aromatic N) is 1. The number of carbonyl (C=O) groups is 1. The van der Waals surface area contributed by atoms with Gasteiger partial charge in [0.25, 0.3) is 0 Å². The summed E-state index contributed by atoms with van der Waals surface area (Å²) in [5.41, 5.74) is -0.167. The first-order valence-electron chi connectivity index (χ1n) is 6.16. The summed E-state index contributed by atoms with van der Waals surface area (Å²) >= 11 is 0. The Hall–Kier alpha value is -2.13. The molecule has 1 rings (SSSR count). The van der Waals surface area contributed by atoms with Crippen molar-refractivity contribution in [2.24, 2.45) is 5.41 Å². The van der Waals surface area contributed by atoms with Gasteiger partial charge < -0.3 is 15.7 Å². The van der Waals surface area contributed by atoms with E-state index < -0.39 is 18.0 Å². The summed E-state index contributed by atoms with van der Waals surface area (Å²) in [6.07, 6.45) is -0.684. The number of halogens is 1. The number of nitriles is 1. The van der Waals surface area contributed by atoms with Gasteiger partial charge in [0.05, 0.1) is 11.7 Å². The van der Waals surface area contributed by atoms with Crippen LogP contribution in [0.3, 0.4) is 0 Å². The predicted octanol–water partition coefficient (Wildman–Crippen LogP) is 2.23. The van der Waals surface area contributed by atoms with Crippen LogP contribution in [0.5, 0.6) is 0 Å². The number of amides is 2. The van der Waals surface area contributed by atoms with E-state index in [9.17, 15) is 14.3 Å². The van der Waals surface area contributed by atoms with E-state index >= 15 is 0 Å². The van der Waals surface area contributed by atoms with E-state index in [0.717, 1.165) is 6.07 Å². The van der Waals surface area contributed by atoms with Crippen molar-refractivity contribution in [3.8, 4) is 6.07 Å². The minimum atomic E-state index is -0.684. The smallest absolute Gasteiger partial charge is 0.319 e. The van der Waals surface area contributed by atoms with E-state index in [1.165, 1.54) is 12.1 Å². The Morgan fingerprint density at radius 3 is 2.70 bits per heavy atom. The summed E-state index contributed by atoms with van der Waals surface area (Å²) in [6, 6.07) is 4.88. The number of hydrogen-bond acceptors (Lipinski definition) is 3. The fourth-order valence-corrected chi connectivity index (χ4v) is 1.36. The molecular formula is C14H18FN3O2. The Kier molecular flexibility index (Phi) is 5.06. The molecule has 0 saturated carbocycles. The van der Waals surface area contributed by atoms with Crippen molar-refractivity contribution in [1.29, 1.82) is 5.26 Å². The van der Waals surface area contributed by atoms with Gasteiger partial charge in [0.2, 0.25) is 0 Å². The average Bonchev–Trinajstić information content (AvgIpc) is 2.37. The Bertz CT molecular complexity index is 532. The molecule has 0 heterocycles. The standard InChI is InChI=1S/C14H18FN3O2/c1-14(2,3)12(19)8-17-13(20)18-10-4-5-11(15)9(6-10)7-16/h4-6,12,19H,8H2,1-3H3,(H2,17,18,20). The number of nitrogens with one attached hydrogen (secondary N) is 2. The highest BCUT2D eigenvalue weighted by molar-refractivity contribution is 5.89. The molecule has 1 unspecified atom stereocenters. The molecule has 0 saturated heterocycles. The fraction of sp³-hybridized carbons (Fsp3) is 0.429. The van der Waals surface area contributed by atoms with E-state index in [2.05, 4.69) is 10.6 Å². The van der Waals surface area contributed by atoms with Gasteiger partial charge in [-0.15, -0.1) is 0 Å². The van der Waals surface area contributed by atoms with Gasteiger partial charge in [-0.05, 0) is 23.6 Å². The van der Waals surface area contributed by atoms with E-state index in [0.29, 0.717) is 5.69 Å². The molecule has 0 bridgehead atoms. The fourth-order valence-electron chi connectivity index (χ4n) is 1.36. The Morgan fingerprint density at radius 1 is 1.50 bits per heavy atom. The van der Waals surface area contributed by atoms with E-state index in [4.69, 9.17) is 5.26 Å². The maximum Gasteiger partial charge on any atom is 0.319 e. The SMILES string of the molecule is CC(C)(C)C(O)CNC(=O)Nc1ccc(F)c(C#N)c1. The summed E-state index contributed by atoms with van der Waals surface area (Å²) in [7, 11) is 0. The summed E-state index contributed by atoms with van der Waals surface area (Å²) in [6.45, 7) is 5.67. The van der Waals surface area contributed by atoms with E-state index in [1.54, 1.807) is 6.07 Å².